The zero-order valence-corrected chi connectivity index (χ0v) is 33.2. The number of carbonyl (C=O) groups is 4. The number of carbonyl (C=O) groups excluding carboxylic acids is 4. The molecular formula is C40H42Cl2N6O8. The van der Waals surface area contributed by atoms with Crippen molar-refractivity contribution < 1.29 is 38.1 Å². The summed E-state index contributed by atoms with van der Waals surface area (Å²) >= 11 is 13.2. The summed E-state index contributed by atoms with van der Waals surface area (Å²) in [5.41, 5.74) is 2.48. The minimum Gasteiger partial charge on any atom is -0.490 e. The number of anilines is 2. The molecule has 0 aliphatic heterocycles. The Hall–Kier alpha value is -5.86. The quantitative estimate of drug-likeness (QED) is 0.0695. The topological polar surface area (TPSA) is 179 Å². The van der Waals surface area contributed by atoms with Crippen molar-refractivity contribution in [1.29, 1.82) is 0 Å². The molecule has 0 bridgehead atoms. The van der Waals surface area contributed by atoms with Crippen molar-refractivity contribution in [3.8, 4) is 34.1 Å². The molecule has 4 rings (SSSR count). The van der Waals surface area contributed by atoms with E-state index in [9.17, 15) is 19.2 Å². The summed E-state index contributed by atoms with van der Waals surface area (Å²) in [6.07, 6.45) is 0. The average molecular weight is 806 g/mol. The summed E-state index contributed by atoms with van der Waals surface area (Å²) in [6.45, 7) is 11.5. The van der Waals surface area contributed by atoms with Gasteiger partial charge in [0.25, 0.3) is 11.8 Å². The lowest BCUT2D eigenvalue weighted by molar-refractivity contribution is -0.127. The molecule has 294 valence electrons. The van der Waals surface area contributed by atoms with Crippen LogP contribution >= 0.6 is 23.2 Å². The van der Waals surface area contributed by atoms with E-state index in [1.54, 1.807) is 72.8 Å². The molecule has 0 spiro atoms. The number of nitrogens with one attached hydrogen (secondary N) is 2. The number of halogens is 2. The van der Waals surface area contributed by atoms with Gasteiger partial charge in [0.1, 0.15) is 5.69 Å². The van der Waals surface area contributed by atoms with E-state index in [4.69, 9.17) is 42.1 Å². The maximum Gasteiger partial charge on any atom is 0.258 e. The predicted molar refractivity (Wildman–Crippen MR) is 215 cm³/mol. The molecule has 0 saturated heterocycles. The Morgan fingerprint density at radius 3 is 1.46 bits per heavy atom. The molecule has 4 aromatic rings. The summed E-state index contributed by atoms with van der Waals surface area (Å²) < 4.78 is 22.4. The summed E-state index contributed by atoms with van der Waals surface area (Å²) in [5.74, 6) is -0.479. The van der Waals surface area contributed by atoms with E-state index in [1.807, 2.05) is 27.7 Å². The van der Waals surface area contributed by atoms with Gasteiger partial charge in [-0.1, -0.05) is 41.4 Å². The lowest BCUT2D eigenvalue weighted by atomic mass is 10.0. The van der Waals surface area contributed by atoms with Crippen molar-refractivity contribution in [2.24, 2.45) is 20.5 Å². The van der Waals surface area contributed by atoms with Crippen LogP contribution in [0.5, 0.6) is 23.0 Å². The fourth-order valence-corrected chi connectivity index (χ4v) is 5.58. The third kappa shape index (κ3) is 11.3. The van der Waals surface area contributed by atoms with Crippen molar-refractivity contribution in [2.75, 3.05) is 37.1 Å². The maximum absolute atomic E-state index is 13.1. The van der Waals surface area contributed by atoms with Gasteiger partial charge in [-0.2, -0.15) is 20.5 Å². The van der Waals surface area contributed by atoms with Crippen molar-refractivity contribution in [1.82, 2.24) is 0 Å². The van der Waals surface area contributed by atoms with E-state index < -0.39 is 35.5 Å². The summed E-state index contributed by atoms with van der Waals surface area (Å²) in [5, 5.41) is 21.8. The van der Waals surface area contributed by atoms with Crippen LogP contribution in [-0.2, 0) is 19.2 Å². The van der Waals surface area contributed by atoms with E-state index in [-0.39, 0.29) is 15.7 Å². The van der Waals surface area contributed by atoms with Crippen LogP contribution in [0.25, 0.3) is 11.1 Å². The maximum atomic E-state index is 13.1. The Kier molecular flexibility index (Phi) is 15.9. The molecule has 4 aromatic carbocycles. The van der Waals surface area contributed by atoms with Gasteiger partial charge in [-0.25, -0.2) is 0 Å². The SMILES string of the molecule is CCOc1ccc(NC(=O)C(N=Nc2ccc(-c3ccc(N=NC(C(C)=O)C(=O)Nc4ccc(OCC)c(OCC)c4)c(Cl)c3Cl)cc2)C(C)=O)cc1OCC. The molecule has 0 radical (unpaired) electrons. The number of nitrogens with zero attached hydrogens (tertiary/aromatic N) is 4. The molecule has 0 saturated carbocycles. The first kappa shape index (κ1) is 42.9. The van der Waals surface area contributed by atoms with E-state index >= 15 is 0 Å². The minimum absolute atomic E-state index is 0.0449. The fourth-order valence-electron chi connectivity index (χ4n) is 5.11. The van der Waals surface area contributed by atoms with Crippen molar-refractivity contribution in [2.45, 2.75) is 53.6 Å². The van der Waals surface area contributed by atoms with Crippen LogP contribution in [0.3, 0.4) is 0 Å². The Balaban J connectivity index is 1.46. The Morgan fingerprint density at radius 1 is 0.571 bits per heavy atom. The van der Waals surface area contributed by atoms with Crippen LogP contribution in [-0.4, -0.2) is 61.9 Å². The first-order chi connectivity index (χ1) is 26.9. The lowest BCUT2D eigenvalue weighted by Crippen LogP contribution is -2.31. The smallest absolute Gasteiger partial charge is 0.258 e. The van der Waals surface area contributed by atoms with Gasteiger partial charge in [-0.3, -0.25) is 19.2 Å². The number of azo groups is 2. The number of ketones is 2. The molecule has 0 aliphatic carbocycles. The molecule has 16 heteroatoms. The van der Waals surface area contributed by atoms with E-state index in [2.05, 4.69) is 31.1 Å². The summed E-state index contributed by atoms with van der Waals surface area (Å²) in [4.78, 5) is 50.9. The number of Topliss-reactive ketones (excluding diaryl/α,β-unsaturated/α-hetero) is 2. The molecule has 0 fully saturated rings. The summed E-state index contributed by atoms with van der Waals surface area (Å²) in [6, 6.07) is 16.8. The second-order valence-electron chi connectivity index (χ2n) is 11.8. The highest BCUT2D eigenvalue weighted by molar-refractivity contribution is 6.45. The van der Waals surface area contributed by atoms with Gasteiger partial charge in [0.05, 0.1) is 42.2 Å². The monoisotopic (exact) mass is 804 g/mol. The number of benzene rings is 4. The van der Waals surface area contributed by atoms with Gasteiger partial charge in [-0.15, -0.1) is 0 Å². The van der Waals surface area contributed by atoms with Crippen LogP contribution in [0.2, 0.25) is 10.0 Å². The van der Waals surface area contributed by atoms with Crippen molar-refractivity contribution in [3.05, 3.63) is 82.8 Å². The largest absolute Gasteiger partial charge is 0.490 e. The Morgan fingerprint density at radius 2 is 1.02 bits per heavy atom. The standard InChI is InChI=1S/C40H42Cl2N6O8/c1-7-53-31-19-15-27(21-33(31)55-9-3)43-39(51)37(23(5)49)47-45-26-13-11-25(12-14-26)29-17-18-30(36(42)35(29)41)46-48-38(24(6)50)40(52)44-28-16-20-32(54-8-2)34(22-28)56-10-4/h11-22,37-38H,7-10H2,1-6H3,(H,43,51)(H,44,52). The molecule has 0 aliphatic rings. The molecule has 2 unspecified atom stereocenters. The predicted octanol–water partition coefficient (Wildman–Crippen LogP) is 9.62. The van der Waals surface area contributed by atoms with Gasteiger partial charge in [-0.05, 0) is 89.6 Å². The van der Waals surface area contributed by atoms with Crippen LogP contribution in [0.4, 0.5) is 22.7 Å². The van der Waals surface area contributed by atoms with Gasteiger partial charge in [0.15, 0.2) is 34.6 Å². The van der Waals surface area contributed by atoms with Gasteiger partial charge in [0, 0.05) is 29.1 Å². The zero-order chi connectivity index (χ0) is 40.8. The summed E-state index contributed by atoms with van der Waals surface area (Å²) in [7, 11) is 0. The van der Waals surface area contributed by atoms with E-state index in [0.717, 1.165) is 0 Å². The van der Waals surface area contributed by atoms with Crippen LogP contribution in [0, 0.1) is 0 Å². The molecule has 2 amide bonds. The zero-order valence-electron chi connectivity index (χ0n) is 31.7. The number of rotatable bonds is 19. The van der Waals surface area contributed by atoms with Crippen LogP contribution in [0.15, 0.2) is 93.3 Å². The number of hydrogen-bond donors (Lipinski definition) is 2. The Labute approximate surface area is 334 Å². The molecule has 2 atom stereocenters. The minimum atomic E-state index is -1.47. The Bertz CT molecular complexity index is 2110. The molecule has 0 aromatic heterocycles. The van der Waals surface area contributed by atoms with Gasteiger partial charge in [0.2, 0.25) is 12.1 Å². The fraction of sp³-hybridized carbons (Fsp3) is 0.300. The van der Waals surface area contributed by atoms with Crippen molar-refractivity contribution >= 4 is 69.3 Å². The number of hydrogen-bond acceptors (Lipinski definition) is 12. The normalized spacial score (nSPS) is 12.2. The first-order valence-electron chi connectivity index (χ1n) is 17.7. The van der Waals surface area contributed by atoms with Gasteiger partial charge >= 0.3 is 0 Å². The number of amides is 2. The molecule has 56 heavy (non-hydrogen) atoms. The van der Waals surface area contributed by atoms with Gasteiger partial charge < -0.3 is 29.6 Å². The van der Waals surface area contributed by atoms with E-state index in [0.29, 0.717) is 77.6 Å². The van der Waals surface area contributed by atoms with Crippen LogP contribution < -0.4 is 29.6 Å². The first-order valence-corrected chi connectivity index (χ1v) is 18.5. The van der Waals surface area contributed by atoms with Crippen LogP contribution in [0.1, 0.15) is 41.5 Å². The second kappa shape index (κ2) is 20.7. The molecule has 0 heterocycles. The lowest BCUT2D eigenvalue weighted by Gasteiger charge is -2.14. The highest BCUT2D eigenvalue weighted by Crippen LogP contribution is 2.40. The third-order valence-electron chi connectivity index (χ3n) is 7.70. The molecule has 2 N–H and O–H groups in total. The second-order valence-corrected chi connectivity index (χ2v) is 12.6. The van der Waals surface area contributed by atoms with Crippen molar-refractivity contribution in [3.63, 3.8) is 0 Å². The highest BCUT2D eigenvalue weighted by atomic mass is 35.5. The highest BCUT2D eigenvalue weighted by Gasteiger charge is 2.25. The molecule has 14 nitrogen and oxygen atoms in total. The average Bonchev–Trinajstić information content (AvgIpc) is 3.16. The third-order valence-corrected chi connectivity index (χ3v) is 8.57. The van der Waals surface area contributed by atoms with E-state index in [1.165, 1.54) is 13.8 Å². The molecular weight excluding hydrogens is 763 g/mol. The number of ether oxygens (including phenoxy) is 4.